The fraction of sp³-hybridized carbons (Fsp3) is 0.222. The first kappa shape index (κ1) is 17.1. The van der Waals surface area contributed by atoms with E-state index in [0.29, 0.717) is 5.75 Å². The summed E-state index contributed by atoms with van der Waals surface area (Å²) in [7, 11) is 0. The molecule has 1 atom stereocenters. The summed E-state index contributed by atoms with van der Waals surface area (Å²) in [6, 6.07) is 16.3. The molecule has 0 aromatic heterocycles. The van der Waals surface area contributed by atoms with Gasteiger partial charge in [-0.05, 0) is 18.1 Å². The summed E-state index contributed by atoms with van der Waals surface area (Å²) in [5.74, 6) is -0.512. The molecule has 0 aliphatic heterocycles. The zero-order valence-electron chi connectivity index (χ0n) is 12.9. The summed E-state index contributed by atoms with van der Waals surface area (Å²) in [4.78, 5) is 23.3. The van der Waals surface area contributed by atoms with Crippen molar-refractivity contribution < 1.29 is 14.7 Å². The average Bonchev–Trinajstić information content (AvgIpc) is 2.54. The average molecular weight is 329 g/mol. The molecule has 0 spiro atoms. The monoisotopic (exact) mass is 329 g/mol. The maximum Gasteiger partial charge on any atom is 0.326 e. The molecule has 0 saturated heterocycles. The first-order valence-electron chi connectivity index (χ1n) is 7.30. The number of nitrogens with one attached hydrogen (secondary N) is 1. The molecule has 0 saturated carbocycles. The van der Waals surface area contributed by atoms with Gasteiger partial charge in [-0.15, -0.1) is 0 Å². The van der Waals surface area contributed by atoms with Gasteiger partial charge in [0.2, 0.25) is 0 Å². The van der Waals surface area contributed by atoms with Crippen LogP contribution in [0.4, 0.5) is 4.79 Å². The molecule has 23 heavy (non-hydrogen) atoms. The highest BCUT2D eigenvalue weighted by molar-refractivity contribution is 8.12. The standard InChI is InChI=1S/C18H19NO3S/c1-13-7-9-15(10-8-13)12-23-18(22)19-16(17(20)21)11-14-5-3-2-4-6-14/h2-10,16H,11-12H2,1H3,(H,19,22)(H,20,21). The molecule has 2 aromatic rings. The topological polar surface area (TPSA) is 66.4 Å². The molecule has 0 aliphatic carbocycles. The molecule has 2 rings (SSSR count). The fourth-order valence-corrected chi connectivity index (χ4v) is 2.78. The Balaban J connectivity index is 1.88. The highest BCUT2D eigenvalue weighted by Crippen LogP contribution is 2.14. The van der Waals surface area contributed by atoms with Crippen LogP contribution in [0.5, 0.6) is 0 Å². The van der Waals surface area contributed by atoms with Crippen LogP contribution < -0.4 is 5.32 Å². The van der Waals surface area contributed by atoms with Crippen molar-refractivity contribution in [3.05, 3.63) is 71.3 Å². The van der Waals surface area contributed by atoms with E-state index in [0.717, 1.165) is 28.5 Å². The van der Waals surface area contributed by atoms with E-state index in [1.165, 1.54) is 0 Å². The number of amides is 1. The van der Waals surface area contributed by atoms with Crippen LogP contribution in [0.15, 0.2) is 54.6 Å². The molecule has 0 aliphatic rings. The molecule has 0 bridgehead atoms. The van der Waals surface area contributed by atoms with E-state index in [1.54, 1.807) is 0 Å². The Morgan fingerprint density at radius 2 is 1.70 bits per heavy atom. The molecule has 0 fully saturated rings. The van der Waals surface area contributed by atoms with Gasteiger partial charge in [0, 0.05) is 12.2 Å². The van der Waals surface area contributed by atoms with Crippen LogP contribution in [-0.4, -0.2) is 22.4 Å². The summed E-state index contributed by atoms with van der Waals surface area (Å²) in [6.07, 6.45) is 0.271. The van der Waals surface area contributed by atoms with Crippen LogP contribution in [0, 0.1) is 6.92 Å². The SMILES string of the molecule is Cc1ccc(CSC(=O)NC(Cc2ccccc2)C(=O)O)cc1. The van der Waals surface area contributed by atoms with Gasteiger partial charge in [-0.1, -0.05) is 71.9 Å². The predicted molar refractivity (Wildman–Crippen MR) is 92.6 cm³/mol. The highest BCUT2D eigenvalue weighted by Gasteiger charge is 2.20. The van der Waals surface area contributed by atoms with Crippen LogP contribution in [0.25, 0.3) is 0 Å². The number of rotatable bonds is 6. The third-order valence-corrected chi connectivity index (χ3v) is 4.22. The van der Waals surface area contributed by atoms with Crippen LogP contribution in [0.1, 0.15) is 16.7 Å². The molecule has 2 aromatic carbocycles. The Kier molecular flexibility index (Phi) is 6.23. The van der Waals surface area contributed by atoms with Gasteiger partial charge in [-0.2, -0.15) is 0 Å². The number of benzene rings is 2. The van der Waals surface area contributed by atoms with Crippen LogP contribution >= 0.6 is 11.8 Å². The van der Waals surface area contributed by atoms with E-state index in [4.69, 9.17) is 0 Å². The van der Waals surface area contributed by atoms with Crippen LogP contribution in [0.3, 0.4) is 0 Å². The minimum atomic E-state index is -1.03. The molecule has 5 heteroatoms. The van der Waals surface area contributed by atoms with Crippen molar-refractivity contribution in [3.63, 3.8) is 0 Å². The van der Waals surface area contributed by atoms with E-state index in [9.17, 15) is 14.7 Å². The number of carboxylic acids is 1. The van der Waals surface area contributed by atoms with E-state index in [1.807, 2.05) is 61.5 Å². The van der Waals surface area contributed by atoms with Crippen molar-refractivity contribution in [3.8, 4) is 0 Å². The Morgan fingerprint density at radius 1 is 1.04 bits per heavy atom. The Hall–Kier alpha value is -2.27. The molecule has 0 radical (unpaired) electrons. The molecule has 2 N–H and O–H groups in total. The molecule has 1 unspecified atom stereocenters. The number of aryl methyl sites for hydroxylation is 1. The van der Waals surface area contributed by atoms with Crippen molar-refractivity contribution in [2.24, 2.45) is 0 Å². The maximum atomic E-state index is 12.0. The summed E-state index contributed by atoms with van der Waals surface area (Å²) in [5, 5.41) is 11.5. The second kappa shape index (κ2) is 8.39. The lowest BCUT2D eigenvalue weighted by Crippen LogP contribution is -2.40. The maximum absolute atomic E-state index is 12.0. The third-order valence-electron chi connectivity index (χ3n) is 3.36. The Labute approximate surface area is 139 Å². The van der Waals surface area contributed by atoms with Crippen molar-refractivity contribution in [1.29, 1.82) is 0 Å². The Morgan fingerprint density at radius 3 is 2.30 bits per heavy atom. The van der Waals surface area contributed by atoms with Gasteiger partial charge in [0.05, 0.1) is 0 Å². The van der Waals surface area contributed by atoms with E-state index >= 15 is 0 Å². The molecule has 0 heterocycles. The van der Waals surface area contributed by atoms with Gasteiger partial charge >= 0.3 is 5.97 Å². The second-order valence-corrected chi connectivity index (χ2v) is 6.23. The van der Waals surface area contributed by atoms with Crippen molar-refractivity contribution >= 4 is 23.0 Å². The normalized spacial score (nSPS) is 11.7. The predicted octanol–water partition coefficient (Wildman–Crippen LogP) is 3.63. The van der Waals surface area contributed by atoms with E-state index < -0.39 is 12.0 Å². The largest absolute Gasteiger partial charge is 0.480 e. The van der Waals surface area contributed by atoms with Crippen LogP contribution in [0.2, 0.25) is 0 Å². The molecule has 4 nitrogen and oxygen atoms in total. The van der Waals surface area contributed by atoms with Gasteiger partial charge in [0.1, 0.15) is 6.04 Å². The van der Waals surface area contributed by atoms with Crippen molar-refractivity contribution in [2.75, 3.05) is 0 Å². The van der Waals surface area contributed by atoms with E-state index in [-0.39, 0.29) is 11.7 Å². The lowest BCUT2D eigenvalue weighted by Gasteiger charge is -2.14. The number of carbonyl (C=O) groups is 2. The molecule has 1 amide bonds. The first-order chi connectivity index (χ1) is 11.0. The van der Waals surface area contributed by atoms with Gasteiger partial charge < -0.3 is 10.4 Å². The van der Waals surface area contributed by atoms with Gasteiger partial charge in [0.25, 0.3) is 5.24 Å². The lowest BCUT2D eigenvalue weighted by atomic mass is 10.1. The molecular weight excluding hydrogens is 310 g/mol. The Bertz CT molecular complexity index is 656. The zero-order chi connectivity index (χ0) is 16.7. The zero-order valence-corrected chi connectivity index (χ0v) is 13.7. The first-order valence-corrected chi connectivity index (χ1v) is 8.29. The minimum absolute atomic E-state index is 0.271. The van der Waals surface area contributed by atoms with Gasteiger partial charge in [0.15, 0.2) is 0 Å². The van der Waals surface area contributed by atoms with Gasteiger partial charge in [-0.25, -0.2) is 4.79 Å². The number of thioether (sulfide) groups is 1. The number of hydrogen-bond donors (Lipinski definition) is 2. The summed E-state index contributed by atoms with van der Waals surface area (Å²) in [5.41, 5.74) is 3.08. The minimum Gasteiger partial charge on any atom is -0.480 e. The van der Waals surface area contributed by atoms with Crippen LogP contribution in [-0.2, 0) is 17.0 Å². The molecular formula is C18H19NO3S. The smallest absolute Gasteiger partial charge is 0.326 e. The fourth-order valence-electron chi connectivity index (χ4n) is 2.07. The number of carbonyl (C=O) groups excluding carboxylic acids is 1. The molecule has 120 valence electrons. The summed E-state index contributed by atoms with van der Waals surface area (Å²) < 4.78 is 0. The second-order valence-electron chi connectivity index (χ2n) is 5.29. The third kappa shape index (κ3) is 5.79. The number of carboxylic acid groups (broad SMARTS) is 1. The quantitative estimate of drug-likeness (QED) is 0.849. The van der Waals surface area contributed by atoms with Gasteiger partial charge in [-0.3, -0.25) is 4.79 Å². The number of aliphatic carboxylic acids is 1. The highest BCUT2D eigenvalue weighted by atomic mass is 32.2. The lowest BCUT2D eigenvalue weighted by molar-refractivity contribution is -0.139. The van der Waals surface area contributed by atoms with E-state index in [2.05, 4.69) is 5.32 Å². The summed E-state index contributed by atoms with van der Waals surface area (Å²) in [6.45, 7) is 2.00. The van der Waals surface area contributed by atoms with Crippen molar-refractivity contribution in [1.82, 2.24) is 5.32 Å². The van der Waals surface area contributed by atoms with Crippen molar-refractivity contribution in [2.45, 2.75) is 25.1 Å². The number of hydrogen-bond acceptors (Lipinski definition) is 3. The summed E-state index contributed by atoms with van der Waals surface area (Å²) >= 11 is 1.08.